The summed E-state index contributed by atoms with van der Waals surface area (Å²) in [6.07, 6.45) is 2.75. The monoisotopic (exact) mass is 506 g/mol. The Morgan fingerprint density at radius 1 is 1.11 bits per heavy atom. The highest BCUT2D eigenvalue weighted by atomic mass is 32.1. The fourth-order valence-electron chi connectivity index (χ4n) is 4.89. The Hall–Kier alpha value is -3.27. The van der Waals surface area contributed by atoms with E-state index in [9.17, 15) is 4.79 Å². The maximum Gasteiger partial charge on any atom is 0.338 e. The quantitative estimate of drug-likeness (QED) is 0.362. The predicted molar refractivity (Wildman–Crippen MR) is 140 cm³/mol. The summed E-state index contributed by atoms with van der Waals surface area (Å²) in [4.78, 5) is 21.6. The van der Waals surface area contributed by atoms with Gasteiger partial charge in [-0.15, -0.1) is 0 Å². The van der Waals surface area contributed by atoms with Gasteiger partial charge in [-0.1, -0.05) is 24.3 Å². The third kappa shape index (κ3) is 5.13. The van der Waals surface area contributed by atoms with Crippen molar-refractivity contribution in [2.24, 2.45) is 0 Å². The minimum atomic E-state index is -0.400. The number of ether oxygens (including phenoxy) is 2. The Kier molecular flexibility index (Phi) is 7.60. The zero-order chi connectivity index (χ0) is 24.9. The molecule has 3 aromatic rings. The first kappa shape index (κ1) is 24.4. The van der Waals surface area contributed by atoms with E-state index in [1.807, 2.05) is 48.5 Å². The third-order valence-electron chi connectivity index (χ3n) is 6.69. The number of thiocarbonyl (C=S) groups is 1. The lowest BCUT2D eigenvalue weighted by Gasteiger charge is -2.29. The van der Waals surface area contributed by atoms with Crippen LogP contribution < -0.4 is 5.32 Å². The first-order valence-corrected chi connectivity index (χ1v) is 12.6. The molecule has 2 aliphatic rings. The second kappa shape index (κ2) is 11.2. The van der Waals surface area contributed by atoms with Crippen LogP contribution in [-0.2, 0) is 9.47 Å². The number of morpholine rings is 1. The molecule has 9 heteroatoms. The van der Waals surface area contributed by atoms with Crippen molar-refractivity contribution in [1.29, 1.82) is 0 Å². The summed E-state index contributed by atoms with van der Waals surface area (Å²) in [5.41, 5.74) is 2.05. The zero-order valence-electron chi connectivity index (χ0n) is 20.3. The minimum absolute atomic E-state index is 0.156. The average molecular weight is 507 g/mol. The molecule has 2 fully saturated rings. The first-order valence-electron chi connectivity index (χ1n) is 12.2. The van der Waals surface area contributed by atoms with Crippen molar-refractivity contribution in [2.45, 2.75) is 18.5 Å². The second-order valence-corrected chi connectivity index (χ2v) is 9.25. The molecule has 36 heavy (non-hydrogen) atoms. The Morgan fingerprint density at radius 3 is 2.69 bits per heavy atom. The molecule has 0 spiro atoms. The number of pyridine rings is 1. The van der Waals surface area contributed by atoms with E-state index in [0.29, 0.717) is 22.0 Å². The van der Waals surface area contributed by atoms with Gasteiger partial charge in [-0.25, -0.2) is 4.79 Å². The van der Waals surface area contributed by atoms with E-state index in [2.05, 4.69) is 20.1 Å². The van der Waals surface area contributed by atoms with Gasteiger partial charge in [-0.3, -0.25) is 9.88 Å². The van der Waals surface area contributed by atoms with Gasteiger partial charge in [0.15, 0.2) is 5.11 Å². The van der Waals surface area contributed by atoms with E-state index >= 15 is 0 Å². The molecular formula is C27H30N4O4S. The van der Waals surface area contributed by atoms with Crippen LogP contribution in [0.3, 0.4) is 0 Å². The summed E-state index contributed by atoms with van der Waals surface area (Å²) in [5.74, 6) is 0.972. The number of nitrogens with one attached hydrogen (secondary N) is 1. The molecule has 0 radical (unpaired) electrons. The number of carbonyl (C=O) groups excluding carboxylic acids is 1. The molecule has 4 heterocycles. The van der Waals surface area contributed by atoms with E-state index in [1.165, 1.54) is 7.11 Å². The lowest BCUT2D eigenvalue weighted by Crippen LogP contribution is -2.38. The van der Waals surface area contributed by atoms with Gasteiger partial charge < -0.3 is 24.1 Å². The van der Waals surface area contributed by atoms with Crippen LogP contribution in [0.2, 0.25) is 0 Å². The van der Waals surface area contributed by atoms with Gasteiger partial charge in [0.2, 0.25) is 0 Å². The van der Waals surface area contributed by atoms with Gasteiger partial charge in [0.05, 0.1) is 37.6 Å². The minimum Gasteiger partial charge on any atom is -0.465 e. The molecule has 8 nitrogen and oxygen atoms in total. The Labute approximate surface area is 216 Å². The van der Waals surface area contributed by atoms with Crippen molar-refractivity contribution in [3.8, 4) is 11.3 Å². The standard InChI is InChI=1S/C27H30N4O4S/c1-33-26(32)20-8-3-2-7-19(20)22-10-11-23(35-22)25-24(21-9-4-5-12-28-21)29-27(36)31(25)14-6-13-30-15-17-34-18-16-30/h2-5,7-12,24-25H,6,13-18H2,1H3,(H,29,36)/t24-,25-/m0/s1. The largest absolute Gasteiger partial charge is 0.465 e. The highest BCUT2D eigenvalue weighted by Crippen LogP contribution is 2.40. The topological polar surface area (TPSA) is 80.1 Å². The number of benzene rings is 1. The molecule has 2 aliphatic heterocycles. The number of furan rings is 1. The van der Waals surface area contributed by atoms with Gasteiger partial charge in [0.1, 0.15) is 17.6 Å². The van der Waals surface area contributed by atoms with Crippen molar-refractivity contribution >= 4 is 23.3 Å². The predicted octanol–water partition coefficient (Wildman–Crippen LogP) is 3.82. The molecule has 188 valence electrons. The van der Waals surface area contributed by atoms with Gasteiger partial charge in [-0.05, 0) is 49.0 Å². The molecule has 0 unspecified atom stereocenters. The van der Waals surface area contributed by atoms with Crippen LogP contribution in [0.5, 0.6) is 0 Å². The molecule has 5 rings (SSSR count). The van der Waals surface area contributed by atoms with Crippen LogP contribution in [0.25, 0.3) is 11.3 Å². The lowest BCUT2D eigenvalue weighted by atomic mass is 10.0. The van der Waals surface area contributed by atoms with E-state index in [4.69, 9.17) is 26.1 Å². The molecule has 1 aromatic carbocycles. The number of nitrogens with zero attached hydrogens (tertiary/aromatic N) is 3. The molecule has 1 N–H and O–H groups in total. The fraction of sp³-hybridized carbons (Fsp3) is 0.370. The molecule has 0 saturated carbocycles. The van der Waals surface area contributed by atoms with Crippen molar-refractivity contribution < 1.29 is 18.7 Å². The second-order valence-electron chi connectivity index (χ2n) is 8.87. The molecule has 0 amide bonds. The van der Waals surface area contributed by atoms with Gasteiger partial charge in [0.25, 0.3) is 0 Å². The van der Waals surface area contributed by atoms with E-state index in [0.717, 1.165) is 57.3 Å². The molecule has 2 saturated heterocycles. The number of rotatable bonds is 8. The first-order chi connectivity index (χ1) is 17.7. The van der Waals surface area contributed by atoms with E-state index in [-0.39, 0.29) is 12.1 Å². The molecule has 0 aliphatic carbocycles. The van der Waals surface area contributed by atoms with Crippen molar-refractivity contribution in [3.05, 3.63) is 77.8 Å². The molecular weight excluding hydrogens is 476 g/mol. The van der Waals surface area contributed by atoms with Crippen molar-refractivity contribution in [1.82, 2.24) is 20.1 Å². The van der Waals surface area contributed by atoms with Crippen LogP contribution >= 0.6 is 12.2 Å². The summed E-state index contributed by atoms with van der Waals surface area (Å²) in [6, 6.07) is 16.7. The van der Waals surface area contributed by atoms with E-state index < -0.39 is 5.97 Å². The fourth-order valence-corrected chi connectivity index (χ4v) is 5.22. The number of methoxy groups -OCH3 is 1. The summed E-state index contributed by atoms with van der Waals surface area (Å²) in [5, 5.41) is 4.16. The van der Waals surface area contributed by atoms with Gasteiger partial charge >= 0.3 is 5.97 Å². The average Bonchev–Trinajstić information content (AvgIpc) is 3.54. The highest BCUT2D eigenvalue weighted by molar-refractivity contribution is 7.80. The molecule has 0 bridgehead atoms. The lowest BCUT2D eigenvalue weighted by molar-refractivity contribution is 0.0365. The summed E-state index contributed by atoms with van der Waals surface area (Å²) >= 11 is 5.79. The van der Waals surface area contributed by atoms with Gasteiger partial charge in [-0.2, -0.15) is 0 Å². The molecule has 2 aromatic heterocycles. The zero-order valence-corrected chi connectivity index (χ0v) is 21.1. The van der Waals surface area contributed by atoms with E-state index in [1.54, 1.807) is 12.3 Å². The third-order valence-corrected chi connectivity index (χ3v) is 7.04. The number of aromatic nitrogens is 1. The van der Waals surface area contributed by atoms with Crippen LogP contribution in [-0.4, -0.2) is 72.4 Å². The van der Waals surface area contributed by atoms with Crippen LogP contribution in [0, 0.1) is 0 Å². The van der Waals surface area contributed by atoms with Crippen LogP contribution in [0.4, 0.5) is 0 Å². The van der Waals surface area contributed by atoms with Gasteiger partial charge in [0, 0.05) is 37.9 Å². The number of carbonyl (C=O) groups is 1. The maximum atomic E-state index is 12.3. The normalized spacial score (nSPS) is 20.4. The summed E-state index contributed by atoms with van der Waals surface area (Å²) in [7, 11) is 1.38. The van der Waals surface area contributed by atoms with Crippen LogP contribution in [0.1, 0.15) is 40.3 Å². The number of hydrogen-bond donors (Lipinski definition) is 1. The Balaban J connectivity index is 1.43. The van der Waals surface area contributed by atoms with Crippen molar-refractivity contribution in [3.63, 3.8) is 0 Å². The number of hydrogen-bond acceptors (Lipinski definition) is 7. The maximum absolute atomic E-state index is 12.3. The molecule has 2 atom stereocenters. The van der Waals surface area contributed by atoms with Crippen LogP contribution in [0.15, 0.2) is 65.2 Å². The summed E-state index contributed by atoms with van der Waals surface area (Å²) in [6.45, 7) is 5.27. The number of esters is 1. The van der Waals surface area contributed by atoms with Crippen molar-refractivity contribution in [2.75, 3.05) is 46.5 Å². The summed E-state index contributed by atoms with van der Waals surface area (Å²) < 4.78 is 16.9. The SMILES string of the molecule is COC(=O)c1ccccc1-c1ccc([C@H]2[C@H](c3ccccn3)NC(=S)N2CCCN2CCOCC2)o1. The highest BCUT2D eigenvalue weighted by Gasteiger charge is 2.41. The Bertz CT molecular complexity index is 1200. The smallest absolute Gasteiger partial charge is 0.338 e. The Morgan fingerprint density at radius 2 is 1.92 bits per heavy atom.